The van der Waals surface area contributed by atoms with Gasteiger partial charge in [-0.2, -0.15) is 0 Å². The van der Waals surface area contributed by atoms with Crippen molar-refractivity contribution < 1.29 is 14.7 Å². The number of aliphatic carboxylic acids is 1. The number of nitrogens with one attached hydrogen (secondary N) is 3. The Bertz CT molecular complexity index is 649. The Balaban J connectivity index is 2.32. The maximum Gasteiger partial charge on any atom is 0.329 e. The summed E-state index contributed by atoms with van der Waals surface area (Å²) in [5, 5.41) is 12.0. The molecule has 0 spiro atoms. The zero-order valence-corrected chi connectivity index (χ0v) is 11.6. The number of carboxylic acid groups (broad SMARTS) is 1. The minimum Gasteiger partial charge on any atom is -0.479 e. The molecular formula is C13H17N3O5. The number of aromatic amines is 2. The Morgan fingerprint density at radius 3 is 2.62 bits per heavy atom. The van der Waals surface area contributed by atoms with E-state index in [9.17, 15) is 24.3 Å². The van der Waals surface area contributed by atoms with E-state index in [-0.39, 0.29) is 11.6 Å². The highest BCUT2D eigenvalue weighted by atomic mass is 16.4. The van der Waals surface area contributed by atoms with Gasteiger partial charge < -0.3 is 15.4 Å². The lowest BCUT2D eigenvalue weighted by Crippen LogP contribution is -2.60. The molecular weight excluding hydrogens is 278 g/mol. The Hall–Kier alpha value is -2.38. The first-order chi connectivity index (χ1) is 9.85. The van der Waals surface area contributed by atoms with Gasteiger partial charge in [0.05, 0.1) is 0 Å². The lowest BCUT2D eigenvalue weighted by Gasteiger charge is -2.39. The van der Waals surface area contributed by atoms with Gasteiger partial charge in [-0.3, -0.25) is 14.6 Å². The average Bonchev–Trinajstić information content (AvgIpc) is 2.40. The fourth-order valence-corrected chi connectivity index (χ4v) is 2.77. The van der Waals surface area contributed by atoms with E-state index in [0.717, 1.165) is 12.5 Å². The first-order valence-electron chi connectivity index (χ1n) is 6.75. The van der Waals surface area contributed by atoms with Gasteiger partial charge in [0.25, 0.3) is 11.5 Å². The van der Waals surface area contributed by atoms with Crippen LogP contribution < -0.4 is 16.6 Å². The van der Waals surface area contributed by atoms with Crippen molar-refractivity contribution >= 4 is 11.9 Å². The van der Waals surface area contributed by atoms with E-state index in [1.54, 1.807) is 6.92 Å². The predicted octanol–water partition coefficient (Wildman–Crippen LogP) is -0.173. The van der Waals surface area contributed by atoms with E-state index in [1.807, 2.05) is 4.98 Å². The molecule has 0 bridgehead atoms. The summed E-state index contributed by atoms with van der Waals surface area (Å²) in [6, 6.07) is 0.930. The number of amides is 1. The molecule has 1 aromatic rings. The lowest BCUT2D eigenvalue weighted by atomic mass is 9.73. The molecule has 1 aromatic heterocycles. The predicted molar refractivity (Wildman–Crippen MR) is 73.1 cm³/mol. The first-order valence-corrected chi connectivity index (χ1v) is 6.75. The Labute approximate surface area is 119 Å². The van der Waals surface area contributed by atoms with Gasteiger partial charge in [0.1, 0.15) is 11.2 Å². The molecule has 2 unspecified atom stereocenters. The maximum atomic E-state index is 12.2. The number of rotatable bonds is 3. The van der Waals surface area contributed by atoms with Crippen LogP contribution in [0.1, 0.15) is 43.1 Å². The van der Waals surface area contributed by atoms with Crippen LogP contribution in [0.2, 0.25) is 0 Å². The SMILES string of the molecule is CC1CCCCC1(NC(=O)c1cc(=O)[nH]c(=O)[nH]1)C(=O)O. The molecule has 4 N–H and O–H groups in total. The van der Waals surface area contributed by atoms with Gasteiger partial charge in [-0.25, -0.2) is 9.59 Å². The number of carboxylic acids is 1. The van der Waals surface area contributed by atoms with Crippen molar-refractivity contribution in [2.75, 3.05) is 0 Å². The van der Waals surface area contributed by atoms with Crippen LogP contribution in [0.4, 0.5) is 0 Å². The molecule has 1 saturated carbocycles. The summed E-state index contributed by atoms with van der Waals surface area (Å²) in [6.45, 7) is 1.77. The van der Waals surface area contributed by atoms with Crippen LogP contribution in [0.5, 0.6) is 0 Å². The quantitative estimate of drug-likeness (QED) is 0.614. The highest BCUT2D eigenvalue weighted by molar-refractivity contribution is 5.96. The van der Waals surface area contributed by atoms with Crippen molar-refractivity contribution in [3.8, 4) is 0 Å². The molecule has 8 nitrogen and oxygen atoms in total. The molecule has 1 aliphatic rings. The molecule has 2 atom stereocenters. The van der Waals surface area contributed by atoms with E-state index in [2.05, 4.69) is 10.3 Å². The number of hydrogen-bond acceptors (Lipinski definition) is 4. The third-order valence-electron chi connectivity index (χ3n) is 4.02. The van der Waals surface area contributed by atoms with Gasteiger partial charge in [0.15, 0.2) is 0 Å². The minimum atomic E-state index is -1.37. The number of carbonyl (C=O) groups is 2. The third-order valence-corrected chi connectivity index (χ3v) is 4.02. The second kappa shape index (κ2) is 5.55. The highest BCUT2D eigenvalue weighted by Gasteiger charge is 2.46. The zero-order chi connectivity index (χ0) is 15.6. The normalized spacial score (nSPS) is 25.3. The summed E-state index contributed by atoms with van der Waals surface area (Å²) in [4.78, 5) is 50.3. The van der Waals surface area contributed by atoms with Gasteiger partial charge in [-0.05, 0) is 18.8 Å². The molecule has 114 valence electrons. The van der Waals surface area contributed by atoms with Crippen molar-refractivity contribution in [2.24, 2.45) is 5.92 Å². The largest absolute Gasteiger partial charge is 0.479 e. The van der Waals surface area contributed by atoms with Crippen LogP contribution in [0.3, 0.4) is 0 Å². The smallest absolute Gasteiger partial charge is 0.329 e. The zero-order valence-electron chi connectivity index (χ0n) is 11.6. The van der Waals surface area contributed by atoms with Gasteiger partial charge in [0.2, 0.25) is 0 Å². The van der Waals surface area contributed by atoms with Crippen LogP contribution in [0.15, 0.2) is 15.7 Å². The topological polar surface area (TPSA) is 132 Å². The maximum absolute atomic E-state index is 12.2. The lowest BCUT2D eigenvalue weighted by molar-refractivity contribution is -0.148. The van der Waals surface area contributed by atoms with Gasteiger partial charge >= 0.3 is 11.7 Å². The number of hydrogen-bond donors (Lipinski definition) is 4. The Morgan fingerprint density at radius 1 is 1.33 bits per heavy atom. The van der Waals surface area contributed by atoms with E-state index in [0.29, 0.717) is 19.3 Å². The second-order valence-corrected chi connectivity index (χ2v) is 5.38. The van der Waals surface area contributed by atoms with Gasteiger partial charge in [0, 0.05) is 6.07 Å². The fraction of sp³-hybridized carbons (Fsp3) is 0.538. The van der Waals surface area contributed by atoms with Crippen molar-refractivity contribution in [3.05, 3.63) is 32.6 Å². The monoisotopic (exact) mass is 295 g/mol. The van der Waals surface area contributed by atoms with E-state index in [4.69, 9.17) is 0 Å². The fourth-order valence-electron chi connectivity index (χ4n) is 2.77. The van der Waals surface area contributed by atoms with Crippen LogP contribution in [-0.4, -0.2) is 32.5 Å². The average molecular weight is 295 g/mol. The van der Waals surface area contributed by atoms with E-state index < -0.39 is 28.7 Å². The van der Waals surface area contributed by atoms with Crippen LogP contribution in [-0.2, 0) is 4.79 Å². The molecule has 0 saturated heterocycles. The van der Waals surface area contributed by atoms with Crippen LogP contribution in [0.25, 0.3) is 0 Å². The highest BCUT2D eigenvalue weighted by Crippen LogP contribution is 2.34. The van der Waals surface area contributed by atoms with Crippen molar-refractivity contribution in [2.45, 2.75) is 38.1 Å². The standard InChI is InChI=1S/C13H17N3O5/c1-7-4-2-3-5-13(7,11(19)20)16-10(18)8-6-9(17)15-12(21)14-8/h6-7H,2-5H2,1H3,(H,16,18)(H,19,20)(H2,14,15,17,21). The van der Waals surface area contributed by atoms with Crippen LogP contribution >= 0.6 is 0 Å². The number of aromatic nitrogens is 2. The van der Waals surface area contributed by atoms with Crippen molar-refractivity contribution in [1.29, 1.82) is 0 Å². The van der Waals surface area contributed by atoms with Gasteiger partial charge in [-0.1, -0.05) is 19.8 Å². The Kier molecular flexibility index (Phi) is 3.97. The van der Waals surface area contributed by atoms with Crippen LogP contribution in [0, 0.1) is 5.92 Å². The first kappa shape index (κ1) is 15.0. The molecule has 1 amide bonds. The molecule has 8 heteroatoms. The summed E-state index contributed by atoms with van der Waals surface area (Å²) in [7, 11) is 0. The van der Waals surface area contributed by atoms with E-state index >= 15 is 0 Å². The summed E-state index contributed by atoms with van der Waals surface area (Å²) in [5.74, 6) is -2.11. The second-order valence-electron chi connectivity index (χ2n) is 5.38. The molecule has 0 aromatic carbocycles. The molecule has 1 fully saturated rings. The van der Waals surface area contributed by atoms with Crippen molar-refractivity contribution in [1.82, 2.24) is 15.3 Å². The molecule has 0 radical (unpaired) electrons. The summed E-state index contributed by atoms with van der Waals surface area (Å²) < 4.78 is 0. The Morgan fingerprint density at radius 2 is 2.05 bits per heavy atom. The molecule has 1 heterocycles. The summed E-state index contributed by atoms with van der Waals surface area (Å²) >= 11 is 0. The summed E-state index contributed by atoms with van der Waals surface area (Å²) in [6.07, 6.45) is 2.62. The summed E-state index contributed by atoms with van der Waals surface area (Å²) in [5.41, 5.74) is -3.14. The van der Waals surface area contributed by atoms with E-state index in [1.165, 1.54) is 0 Å². The van der Waals surface area contributed by atoms with Crippen molar-refractivity contribution in [3.63, 3.8) is 0 Å². The molecule has 21 heavy (non-hydrogen) atoms. The third kappa shape index (κ3) is 2.88. The number of H-pyrrole nitrogens is 2. The number of carbonyl (C=O) groups excluding carboxylic acids is 1. The molecule has 2 rings (SSSR count). The molecule has 1 aliphatic carbocycles. The van der Waals surface area contributed by atoms with Gasteiger partial charge in [-0.15, -0.1) is 0 Å². The minimum absolute atomic E-state index is 0.235. The molecule has 0 aliphatic heterocycles.